The third-order valence-corrected chi connectivity index (χ3v) is 5.76. The highest BCUT2D eigenvalue weighted by molar-refractivity contribution is 5.79. The van der Waals surface area contributed by atoms with Crippen molar-refractivity contribution in [2.24, 2.45) is 5.41 Å². The van der Waals surface area contributed by atoms with Crippen LogP contribution in [-0.4, -0.2) is 83.4 Å². The Morgan fingerprint density at radius 2 is 2.05 bits per heavy atom. The lowest BCUT2D eigenvalue weighted by atomic mass is 9.39. The lowest BCUT2D eigenvalue weighted by Gasteiger charge is -2.73. The fourth-order valence-corrected chi connectivity index (χ4v) is 4.96. The number of hydrogen-bond acceptors (Lipinski definition) is 3. The van der Waals surface area contributed by atoms with Crippen LogP contribution < -0.4 is 0 Å². The van der Waals surface area contributed by atoms with Crippen LogP contribution in [0.3, 0.4) is 0 Å². The summed E-state index contributed by atoms with van der Waals surface area (Å²) in [5.74, 6) is 0. The molecule has 3 amide bonds. The van der Waals surface area contributed by atoms with E-state index in [1.165, 1.54) is 4.90 Å². The number of ether oxygens (including phenoxy) is 1. The van der Waals surface area contributed by atoms with E-state index in [4.69, 9.17) is 9.84 Å². The molecule has 5 aliphatic rings. The number of amides is 3. The molecule has 0 aromatic rings. The quantitative estimate of drug-likeness (QED) is 0.830. The number of fused-ring (bicyclic) bond motifs is 1. The Morgan fingerprint density at radius 1 is 1.33 bits per heavy atom. The minimum absolute atomic E-state index is 0.0229. The second-order valence-corrected chi connectivity index (χ2v) is 7.16. The maximum atomic E-state index is 12.6. The first kappa shape index (κ1) is 13.2. The molecular weight excluding hydrogens is 274 g/mol. The van der Waals surface area contributed by atoms with Crippen molar-refractivity contribution < 1.29 is 19.4 Å². The third-order valence-electron chi connectivity index (χ3n) is 5.76. The van der Waals surface area contributed by atoms with Crippen LogP contribution in [0.15, 0.2) is 0 Å². The molecule has 2 saturated heterocycles. The molecule has 0 radical (unpaired) electrons. The summed E-state index contributed by atoms with van der Waals surface area (Å²) in [6.07, 6.45) is 2.25. The summed E-state index contributed by atoms with van der Waals surface area (Å²) in [7, 11) is 1.73. The molecule has 0 aromatic carbocycles. The summed E-state index contributed by atoms with van der Waals surface area (Å²) in [4.78, 5) is 29.0. The summed E-state index contributed by atoms with van der Waals surface area (Å²) in [6, 6.07) is 0.130. The number of carboxylic acid groups (broad SMARTS) is 1. The highest BCUT2D eigenvalue weighted by Crippen LogP contribution is 2.70. The van der Waals surface area contributed by atoms with Gasteiger partial charge in [-0.15, -0.1) is 0 Å². The molecule has 1 atom stereocenters. The fraction of sp³-hybridized carbons (Fsp3) is 0.857. The van der Waals surface area contributed by atoms with Gasteiger partial charge in [-0.2, -0.15) is 0 Å². The van der Waals surface area contributed by atoms with Crippen LogP contribution >= 0.6 is 0 Å². The first-order valence-electron chi connectivity index (χ1n) is 7.54. The van der Waals surface area contributed by atoms with Crippen molar-refractivity contribution in [1.82, 2.24) is 14.7 Å². The highest BCUT2D eigenvalue weighted by Gasteiger charge is 2.72. The average Bonchev–Trinajstić information content (AvgIpc) is 2.69. The maximum absolute atomic E-state index is 12.6. The van der Waals surface area contributed by atoms with Crippen molar-refractivity contribution in [1.29, 1.82) is 0 Å². The molecular formula is C14H21N3O4. The van der Waals surface area contributed by atoms with Crippen molar-refractivity contribution in [3.63, 3.8) is 0 Å². The van der Waals surface area contributed by atoms with Gasteiger partial charge in [0.05, 0.1) is 12.6 Å². The molecule has 0 spiro atoms. The molecule has 21 heavy (non-hydrogen) atoms. The number of urea groups is 1. The summed E-state index contributed by atoms with van der Waals surface area (Å²) in [6.45, 7) is 2.84. The average molecular weight is 295 g/mol. The number of hydrogen-bond donors (Lipinski definition) is 1. The van der Waals surface area contributed by atoms with Crippen LogP contribution in [0.25, 0.3) is 0 Å². The Hall–Kier alpha value is -1.50. The van der Waals surface area contributed by atoms with Gasteiger partial charge in [-0.05, 0) is 19.3 Å². The molecule has 3 aliphatic carbocycles. The molecule has 5 rings (SSSR count). The third kappa shape index (κ3) is 1.64. The SMILES string of the molecule is COCC12CC(N3CC4CN(C(=O)O)CCN4C3=O)(C1)C2. The van der Waals surface area contributed by atoms with E-state index in [0.29, 0.717) is 31.6 Å². The van der Waals surface area contributed by atoms with E-state index in [1.807, 2.05) is 9.80 Å². The monoisotopic (exact) mass is 295 g/mol. The van der Waals surface area contributed by atoms with Crippen molar-refractivity contribution in [2.75, 3.05) is 39.9 Å². The van der Waals surface area contributed by atoms with Crippen molar-refractivity contribution in [3.05, 3.63) is 0 Å². The Bertz CT molecular complexity index is 489. The van der Waals surface area contributed by atoms with Gasteiger partial charge in [-0.3, -0.25) is 0 Å². The van der Waals surface area contributed by atoms with Crippen molar-refractivity contribution in [2.45, 2.75) is 30.8 Å². The van der Waals surface area contributed by atoms with Crippen molar-refractivity contribution >= 4 is 12.1 Å². The van der Waals surface area contributed by atoms with Crippen LogP contribution in [-0.2, 0) is 4.74 Å². The first-order valence-corrected chi connectivity index (χ1v) is 7.54. The van der Waals surface area contributed by atoms with E-state index < -0.39 is 6.09 Å². The Morgan fingerprint density at radius 3 is 2.67 bits per heavy atom. The minimum atomic E-state index is -0.884. The molecule has 116 valence electrons. The lowest BCUT2D eigenvalue weighted by molar-refractivity contribution is -0.222. The predicted molar refractivity (Wildman–Crippen MR) is 73.1 cm³/mol. The van der Waals surface area contributed by atoms with Gasteiger partial charge in [0.15, 0.2) is 0 Å². The largest absolute Gasteiger partial charge is 0.465 e. The van der Waals surface area contributed by atoms with E-state index in [0.717, 1.165) is 25.9 Å². The summed E-state index contributed by atoms with van der Waals surface area (Å²) >= 11 is 0. The molecule has 3 saturated carbocycles. The molecule has 2 heterocycles. The number of rotatable bonds is 3. The lowest BCUT2D eigenvalue weighted by Crippen LogP contribution is -2.76. The van der Waals surface area contributed by atoms with Crippen LogP contribution in [0.1, 0.15) is 19.3 Å². The highest BCUT2D eigenvalue weighted by atomic mass is 16.5. The van der Waals surface area contributed by atoms with Crippen molar-refractivity contribution in [3.8, 4) is 0 Å². The molecule has 1 N–H and O–H groups in total. The van der Waals surface area contributed by atoms with Crippen LogP contribution in [0.4, 0.5) is 9.59 Å². The van der Waals surface area contributed by atoms with Gasteiger partial charge in [-0.25, -0.2) is 9.59 Å². The molecule has 2 aliphatic heterocycles. The standard InChI is InChI=1S/C14H21N3O4/c1-21-9-13-6-14(7-13,8-13)17-5-10-4-15(12(19)20)2-3-16(10)11(17)18/h10H,2-9H2,1H3,(H,19,20). The van der Waals surface area contributed by atoms with Gasteiger partial charge in [0.2, 0.25) is 0 Å². The molecule has 5 fully saturated rings. The molecule has 1 unspecified atom stereocenters. The zero-order valence-corrected chi connectivity index (χ0v) is 12.2. The second-order valence-electron chi connectivity index (χ2n) is 7.16. The topological polar surface area (TPSA) is 73.3 Å². The van der Waals surface area contributed by atoms with Gasteiger partial charge in [0.1, 0.15) is 0 Å². The maximum Gasteiger partial charge on any atom is 0.407 e. The Balaban J connectivity index is 1.44. The van der Waals surface area contributed by atoms with E-state index in [2.05, 4.69) is 0 Å². The van der Waals surface area contributed by atoms with Crippen LogP contribution in [0.5, 0.6) is 0 Å². The first-order chi connectivity index (χ1) is 9.99. The van der Waals surface area contributed by atoms with E-state index in [9.17, 15) is 9.59 Å². The predicted octanol–water partition coefficient (Wildman–Crippen LogP) is 0.655. The molecule has 7 nitrogen and oxygen atoms in total. The van der Waals surface area contributed by atoms with E-state index >= 15 is 0 Å². The zero-order chi connectivity index (χ0) is 14.8. The number of nitrogens with zero attached hydrogens (tertiary/aromatic N) is 3. The summed E-state index contributed by atoms with van der Waals surface area (Å²) in [5.41, 5.74) is 0.353. The Labute approximate surface area is 123 Å². The number of carbonyl (C=O) groups is 2. The second kappa shape index (κ2) is 4.03. The molecule has 2 bridgehead atoms. The minimum Gasteiger partial charge on any atom is -0.465 e. The summed E-state index contributed by atoms with van der Waals surface area (Å²) < 4.78 is 5.27. The fourth-order valence-electron chi connectivity index (χ4n) is 4.96. The van der Waals surface area contributed by atoms with Crippen LogP contribution in [0, 0.1) is 5.41 Å². The van der Waals surface area contributed by atoms with E-state index in [-0.39, 0.29) is 17.6 Å². The molecule has 7 heteroatoms. The number of methoxy groups -OCH3 is 1. The summed E-state index contributed by atoms with van der Waals surface area (Å²) in [5, 5.41) is 9.10. The normalized spacial score (nSPS) is 40.7. The zero-order valence-electron chi connectivity index (χ0n) is 12.2. The van der Waals surface area contributed by atoms with Gasteiger partial charge in [0, 0.05) is 44.2 Å². The van der Waals surface area contributed by atoms with Gasteiger partial charge in [0.25, 0.3) is 0 Å². The van der Waals surface area contributed by atoms with E-state index in [1.54, 1.807) is 7.11 Å². The molecule has 0 aromatic heterocycles. The van der Waals surface area contributed by atoms with Crippen LogP contribution in [0.2, 0.25) is 0 Å². The number of carbonyl (C=O) groups excluding carboxylic acids is 1. The smallest absolute Gasteiger partial charge is 0.407 e. The van der Waals surface area contributed by atoms with Gasteiger partial charge in [-0.1, -0.05) is 0 Å². The van der Waals surface area contributed by atoms with Gasteiger partial charge >= 0.3 is 12.1 Å². The Kier molecular flexibility index (Phi) is 2.53. The number of piperazine rings is 1. The van der Waals surface area contributed by atoms with Gasteiger partial charge < -0.3 is 24.5 Å².